The summed E-state index contributed by atoms with van der Waals surface area (Å²) in [5.74, 6) is 0.0278. The molecule has 0 bridgehead atoms. The molecule has 0 saturated carbocycles. The van der Waals surface area contributed by atoms with Crippen LogP contribution < -0.4 is 25.2 Å². The lowest BCUT2D eigenvalue weighted by molar-refractivity contribution is -0.127. The summed E-state index contributed by atoms with van der Waals surface area (Å²) in [5.41, 5.74) is 5.05. The van der Waals surface area contributed by atoms with Crippen molar-refractivity contribution in [2.45, 2.75) is 13.3 Å². The third kappa shape index (κ3) is 3.76. The second-order valence-electron chi connectivity index (χ2n) is 5.57. The fourth-order valence-corrected chi connectivity index (χ4v) is 2.71. The van der Waals surface area contributed by atoms with Crippen LogP contribution in [0.3, 0.4) is 0 Å². The van der Waals surface area contributed by atoms with Crippen molar-refractivity contribution in [2.75, 3.05) is 31.3 Å². The molecule has 1 unspecified atom stereocenters. The van der Waals surface area contributed by atoms with Gasteiger partial charge in [-0.25, -0.2) is 10.2 Å². The quantitative estimate of drug-likeness (QED) is 0.774. The second kappa shape index (κ2) is 7.29. The Morgan fingerprint density at radius 1 is 1.24 bits per heavy atom. The molecule has 2 aliphatic rings. The molecule has 25 heavy (non-hydrogen) atoms. The van der Waals surface area contributed by atoms with Crippen LogP contribution in [0.1, 0.15) is 13.3 Å². The highest BCUT2D eigenvalue weighted by Gasteiger charge is 2.35. The topological polar surface area (TPSA) is 106 Å². The Morgan fingerprint density at radius 3 is 2.76 bits per heavy atom. The first-order chi connectivity index (χ1) is 12.1. The van der Waals surface area contributed by atoms with Crippen molar-refractivity contribution in [3.05, 3.63) is 18.2 Å². The van der Waals surface area contributed by atoms with Crippen molar-refractivity contribution < 1.29 is 28.6 Å². The van der Waals surface area contributed by atoms with Gasteiger partial charge in [0.2, 0.25) is 11.8 Å². The molecule has 3 rings (SSSR count). The zero-order chi connectivity index (χ0) is 17.8. The lowest BCUT2D eigenvalue weighted by Crippen LogP contribution is -2.45. The zero-order valence-electron chi connectivity index (χ0n) is 13.7. The zero-order valence-corrected chi connectivity index (χ0v) is 13.7. The van der Waals surface area contributed by atoms with Crippen molar-refractivity contribution in [1.29, 1.82) is 0 Å². The van der Waals surface area contributed by atoms with E-state index in [9.17, 15) is 14.4 Å². The maximum atomic E-state index is 12.3. The van der Waals surface area contributed by atoms with E-state index in [4.69, 9.17) is 9.47 Å². The first kappa shape index (κ1) is 16.9. The number of benzene rings is 1. The maximum absolute atomic E-state index is 12.3. The molecule has 1 atom stereocenters. The number of anilines is 1. The summed E-state index contributed by atoms with van der Waals surface area (Å²) in [7, 11) is 0. The van der Waals surface area contributed by atoms with Gasteiger partial charge >= 0.3 is 6.09 Å². The normalized spacial score (nSPS) is 18.7. The molecule has 1 fully saturated rings. The molecular formula is C16H19N3O6. The largest absolute Gasteiger partial charge is 0.486 e. The van der Waals surface area contributed by atoms with Gasteiger partial charge in [0.15, 0.2) is 11.5 Å². The maximum Gasteiger partial charge on any atom is 0.426 e. The van der Waals surface area contributed by atoms with Crippen molar-refractivity contribution >= 4 is 23.6 Å². The Labute approximate surface area is 144 Å². The summed E-state index contributed by atoms with van der Waals surface area (Å²) in [4.78, 5) is 37.1. The molecule has 9 nitrogen and oxygen atoms in total. The molecule has 1 saturated heterocycles. The fourth-order valence-electron chi connectivity index (χ4n) is 2.71. The Bertz CT molecular complexity index is 692. The van der Waals surface area contributed by atoms with E-state index in [0.29, 0.717) is 30.4 Å². The van der Waals surface area contributed by atoms with E-state index < -0.39 is 17.9 Å². The van der Waals surface area contributed by atoms with Crippen LogP contribution in [0.25, 0.3) is 0 Å². The predicted molar refractivity (Wildman–Crippen MR) is 86.2 cm³/mol. The molecule has 134 valence electrons. The standard InChI is InChI=1S/C16H19N3O6/c1-2-23-16(22)18-17-15(21)10-7-14(20)19(9-10)11-3-4-12-13(8-11)25-6-5-24-12/h3-4,8,10H,2,5-7,9H2,1H3,(H,17,21)(H,18,22). The number of hydrazine groups is 1. The number of hydrogen-bond acceptors (Lipinski definition) is 6. The third-order valence-corrected chi connectivity index (χ3v) is 3.90. The van der Waals surface area contributed by atoms with Crippen LogP contribution in [0.15, 0.2) is 18.2 Å². The average Bonchev–Trinajstić information content (AvgIpc) is 3.01. The van der Waals surface area contributed by atoms with Crippen LogP contribution in [0.2, 0.25) is 0 Å². The monoisotopic (exact) mass is 349 g/mol. The van der Waals surface area contributed by atoms with Crippen LogP contribution in [0.5, 0.6) is 11.5 Å². The van der Waals surface area contributed by atoms with E-state index in [-0.39, 0.29) is 25.5 Å². The van der Waals surface area contributed by atoms with Gasteiger partial charge in [0, 0.05) is 24.7 Å². The van der Waals surface area contributed by atoms with Gasteiger partial charge in [-0.05, 0) is 19.1 Å². The number of ether oxygens (including phenoxy) is 3. The molecule has 3 amide bonds. The Morgan fingerprint density at radius 2 is 2.00 bits per heavy atom. The van der Waals surface area contributed by atoms with Crippen molar-refractivity contribution in [3.8, 4) is 11.5 Å². The number of nitrogens with one attached hydrogen (secondary N) is 2. The minimum atomic E-state index is -0.746. The third-order valence-electron chi connectivity index (χ3n) is 3.90. The summed E-state index contributed by atoms with van der Waals surface area (Å²) in [6, 6.07) is 5.22. The highest BCUT2D eigenvalue weighted by atomic mass is 16.6. The average molecular weight is 349 g/mol. The Hall–Kier alpha value is -2.97. The van der Waals surface area contributed by atoms with E-state index in [1.54, 1.807) is 25.1 Å². The molecule has 9 heteroatoms. The van der Waals surface area contributed by atoms with Crippen LogP contribution >= 0.6 is 0 Å². The molecule has 1 aromatic rings. The van der Waals surface area contributed by atoms with Gasteiger partial charge in [0.1, 0.15) is 13.2 Å². The number of hydrogen-bond donors (Lipinski definition) is 2. The number of rotatable bonds is 3. The van der Waals surface area contributed by atoms with Gasteiger partial charge < -0.3 is 19.1 Å². The number of amides is 3. The minimum Gasteiger partial charge on any atom is -0.486 e. The first-order valence-electron chi connectivity index (χ1n) is 8.01. The van der Waals surface area contributed by atoms with Crippen molar-refractivity contribution in [2.24, 2.45) is 5.92 Å². The summed E-state index contributed by atoms with van der Waals surface area (Å²) in [5, 5.41) is 0. The molecular weight excluding hydrogens is 330 g/mol. The van der Waals surface area contributed by atoms with E-state index in [1.165, 1.54) is 4.90 Å². The van der Waals surface area contributed by atoms with Gasteiger partial charge in [-0.1, -0.05) is 0 Å². The van der Waals surface area contributed by atoms with Gasteiger partial charge in [-0.15, -0.1) is 0 Å². The fraction of sp³-hybridized carbons (Fsp3) is 0.438. The van der Waals surface area contributed by atoms with E-state index in [2.05, 4.69) is 15.6 Å². The highest BCUT2D eigenvalue weighted by Crippen LogP contribution is 2.35. The minimum absolute atomic E-state index is 0.0603. The summed E-state index contributed by atoms with van der Waals surface area (Å²) >= 11 is 0. The van der Waals surface area contributed by atoms with Gasteiger partial charge in [-0.2, -0.15) is 0 Å². The van der Waals surface area contributed by atoms with E-state index in [0.717, 1.165) is 0 Å². The molecule has 1 aromatic carbocycles. The van der Waals surface area contributed by atoms with Gasteiger partial charge in [0.05, 0.1) is 12.5 Å². The molecule has 0 spiro atoms. The molecule has 0 radical (unpaired) electrons. The number of carbonyl (C=O) groups excluding carboxylic acids is 3. The summed E-state index contributed by atoms with van der Waals surface area (Å²) in [6.45, 7) is 3.01. The number of fused-ring (bicyclic) bond motifs is 1. The van der Waals surface area contributed by atoms with Crippen LogP contribution in [0.4, 0.5) is 10.5 Å². The number of nitrogens with zero attached hydrogens (tertiary/aromatic N) is 1. The highest BCUT2D eigenvalue weighted by molar-refractivity contribution is 6.00. The molecule has 0 aromatic heterocycles. The predicted octanol–water partition coefficient (Wildman–Crippen LogP) is 0.588. The SMILES string of the molecule is CCOC(=O)NNC(=O)C1CC(=O)N(c2ccc3c(c2)OCCO3)C1. The van der Waals surface area contributed by atoms with Crippen LogP contribution in [-0.4, -0.2) is 44.3 Å². The van der Waals surface area contributed by atoms with E-state index >= 15 is 0 Å². The lowest BCUT2D eigenvalue weighted by atomic mass is 10.1. The van der Waals surface area contributed by atoms with Crippen molar-refractivity contribution in [3.63, 3.8) is 0 Å². The van der Waals surface area contributed by atoms with Gasteiger partial charge in [-0.3, -0.25) is 15.0 Å². The molecule has 2 N–H and O–H groups in total. The Kier molecular flexibility index (Phi) is 4.92. The van der Waals surface area contributed by atoms with E-state index in [1.807, 2.05) is 0 Å². The lowest BCUT2D eigenvalue weighted by Gasteiger charge is -2.22. The first-order valence-corrected chi connectivity index (χ1v) is 8.01. The van der Waals surface area contributed by atoms with Crippen molar-refractivity contribution in [1.82, 2.24) is 10.9 Å². The smallest absolute Gasteiger partial charge is 0.426 e. The van der Waals surface area contributed by atoms with Gasteiger partial charge in [0.25, 0.3) is 0 Å². The van der Waals surface area contributed by atoms with Crippen LogP contribution in [-0.2, 0) is 14.3 Å². The summed E-state index contributed by atoms with van der Waals surface area (Å²) in [6.07, 6.45) is -0.686. The van der Waals surface area contributed by atoms with Crippen LogP contribution in [0, 0.1) is 5.92 Å². The molecule has 2 aliphatic heterocycles. The number of carbonyl (C=O) groups is 3. The Balaban J connectivity index is 1.62. The summed E-state index contributed by atoms with van der Waals surface area (Å²) < 4.78 is 15.6. The molecule has 2 heterocycles. The second-order valence-corrected chi connectivity index (χ2v) is 5.57. The molecule has 0 aliphatic carbocycles.